The summed E-state index contributed by atoms with van der Waals surface area (Å²) >= 11 is 0. The zero-order chi connectivity index (χ0) is 17.1. The van der Waals surface area contributed by atoms with E-state index >= 15 is 0 Å². The van der Waals surface area contributed by atoms with Crippen molar-refractivity contribution < 1.29 is 9.53 Å². The highest BCUT2D eigenvalue weighted by Crippen LogP contribution is 2.27. The average Bonchev–Trinajstić information content (AvgIpc) is 2.99. The van der Waals surface area contributed by atoms with Gasteiger partial charge in [0.15, 0.2) is 0 Å². The van der Waals surface area contributed by atoms with Crippen LogP contribution in [0.5, 0.6) is 5.75 Å². The molecule has 1 fully saturated rings. The Morgan fingerprint density at radius 2 is 1.92 bits per heavy atom. The molecule has 0 spiro atoms. The molecule has 1 amide bonds. The lowest BCUT2D eigenvalue weighted by molar-refractivity contribution is -0.129. The number of methoxy groups -OCH3 is 1. The third-order valence-corrected chi connectivity index (χ3v) is 4.77. The first-order chi connectivity index (χ1) is 11.6. The van der Waals surface area contributed by atoms with E-state index in [1.807, 2.05) is 48.2 Å². The van der Waals surface area contributed by atoms with E-state index in [1.165, 1.54) is 5.56 Å². The summed E-state index contributed by atoms with van der Waals surface area (Å²) < 4.78 is 5.34. The molecule has 0 bridgehead atoms. The molecule has 2 aromatic rings. The highest BCUT2D eigenvalue weighted by atomic mass is 35.5. The monoisotopic (exact) mass is 360 g/mol. The molecule has 1 saturated heterocycles. The third-order valence-electron chi connectivity index (χ3n) is 4.77. The van der Waals surface area contributed by atoms with Gasteiger partial charge in [0.1, 0.15) is 5.75 Å². The molecule has 0 saturated carbocycles. The molecule has 1 aliphatic heterocycles. The van der Waals surface area contributed by atoms with Gasteiger partial charge in [0.25, 0.3) is 0 Å². The van der Waals surface area contributed by atoms with Crippen molar-refractivity contribution in [1.82, 2.24) is 4.90 Å². The number of rotatable bonds is 4. The fourth-order valence-corrected chi connectivity index (χ4v) is 3.35. The van der Waals surface area contributed by atoms with Crippen LogP contribution in [-0.2, 0) is 11.2 Å². The average molecular weight is 361 g/mol. The SMILES string of the molecule is COc1cc(CC(=O)N2C[C@@H](N)[C@H](c3ccccc3)C2)ccc1C.Cl. The summed E-state index contributed by atoms with van der Waals surface area (Å²) in [5, 5.41) is 0. The third kappa shape index (κ3) is 4.33. The van der Waals surface area contributed by atoms with E-state index in [0.717, 1.165) is 16.9 Å². The minimum absolute atomic E-state index is 0. The van der Waals surface area contributed by atoms with Crippen LogP contribution >= 0.6 is 12.4 Å². The number of amides is 1. The summed E-state index contributed by atoms with van der Waals surface area (Å²) in [6.45, 7) is 3.29. The van der Waals surface area contributed by atoms with Crippen molar-refractivity contribution in [2.24, 2.45) is 5.73 Å². The molecule has 0 unspecified atom stereocenters. The Balaban J connectivity index is 0.00000225. The van der Waals surface area contributed by atoms with Gasteiger partial charge in [-0.25, -0.2) is 0 Å². The predicted octanol–water partition coefficient (Wildman–Crippen LogP) is 2.92. The fraction of sp³-hybridized carbons (Fsp3) is 0.350. The van der Waals surface area contributed by atoms with Crippen molar-refractivity contribution in [3.63, 3.8) is 0 Å². The summed E-state index contributed by atoms with van der Waals surface area (Å²) in [6, 6.07) is 16.1. The molecule has 2 atom stereocenters. The Morgan fingerprint density at radius 1 is 1.20 bits per heavy atom. The molecule has 25 heavy (non-hydrogen) atoms. The largest absolute Gasteiger partial charge is 0.496 e. The van der Waals surface area contributed by atoms with Crippen LogP contribution in [0.4, 0.5) is 0 Å². The first kappa shape index (κ1) is 19.3. The standard InChI is InChI=1S/C20H24N2O2.ClH/c1-14-8-9-15(10-19(14)24-2)11-20(23)22-12-17(18(21)13-22)16-6-4-3-5-7-16;/h3-10,17-18H,11-13,21H2,1-2H3;1H/t17-,18+;/m0./s1. The number of carbonyl (C=O) groups excluding carboxylic acids is 1. The Morgan fingerprint density at radius 3 is 2.60 bits per heavy atom. The van der Waals surface area contributed by atoms with Crippen molar-refractivity contribution in [3.8, 4) is 5.75 Å². The van der Waals surface area contributed by atoms with Gasteiger partial charge in [-0.15, -0.1) is 12.4 Å². The van der Waals surface area contributed by atoms with Gasteiger partial charge in [0.05, 0.1) is 13.5 Å². The van der Waals surface area contributed by atoms with Gasteiger partial charge in [-0.05, 0) is 29.7 Å². The maximum atomic E-state index is 12.7. The van der Waals surface area contributed by atoms with E-state index in [-0.39, 0.29) is 30.3 Å². The van der Waals surface area contributed by atoms with Gasteiger partial charge in [-0.2, -0.15) is 0 Å². The zero-order valence-corrected chi connectivity index (χ0v) is 15.5. The summed E-state index contributed by atoms with van der Waals surface area (Å²) in [4.78, 5) is 14.5. The highest BCUT2D eigenvalue weighted by molar-refractivity contribution is 5.85. The summed E-state index contributed by atoms with van der Waals surface area (Å²) in [6.07, 6.45) is 0.380. The van der Waals surface area contributed by atoms with E-state index < -0.39 is 0 Å². The van der Waals surface area contributed by atoms with Crippen molar-refractivity contribution >= 4 is 18.3 Å². The summed E-state index contributed by atoms with van der Waals surface area (Å²) in [5.74, 6) is 1.15. The number of hydrogen-bond donors (Lipinski definition) is 1. The van der Waals surface area contributed by atoms with Crippen molar-refractivity contribution in [2.45, 2.75) is 25.3 Å². The number of carbonyl (C=O) groups is 1. The molecule has 3 rings (SSSR count). The number of nitrogens with two attached hydrogens (primary N) is 1. The Hall–Kier alpha value is -2.04. The van der Waals surface area contributed by atoms with E-state index in [4.69, 9.17) is 10.5 Å². The Kier molecular flexibility index (Phi) is 6.45. The Labute approximate surface area is 155 Å². The maximum absolute atomic E-state index is 12.7. The number of likely N-dealkylation sites (tertiary alicyclic amines) is 1. The number of hydrogen-bond acceptors (Lipinski definition) is 3. The van der Waals surface area contributed by atoms with Gasteiger partial charge in [-0.3, -0.25) is 4.79 Å². The summed E-state index contributed by atoms with van der Waals surface area (Å²) in [7, 11) is 1.65. The van der Waals surface area contributed by atoms with Crippen LogP contribution in [0.15, 0.2) is 48.5 Å². The number of aryl methyl sites for hydroxylation is 1. The van der Waals surface area contributed by atoms with Crippen molar-refractivity contribution in [2.75, 3.05) is 20.2 Å². The molecule has 1 heterocycles. The van der Waals surface area contributed by atoms with Gasteiger partial charge in [-0.1, -0.05) is 42.5 Å². The van der Waals surface area contributed by atoms with Gasteiger partial charge in [0.2, 0.25) is 5.91 Å². The second-order valence-corrected chi connectivity index (χ2v) is 6.46. The van der Waals surface area contributed by atoms with E-state index in [1.54, 1.807) is 7.11 Å². The lowest BCUT2D eigenvalue weighted by Gasteiger charge is -2.17. The van der Waals surface area contributed by atoms with Crippen molar-refractivity contribution in [1.29, 1.82) is 0 Å². The lowest BCUT2D eigenvalue weighted by atomic mass is 9.95. The van der Waals surface area contributed by atoms with Crippen LogP contribution in [0.2, 0.25) is 0 Å². The first-order valence-electron chi connectivity index (χ1n) is 8.30. The smallest absolute Gasteiger partial charge is 0.227 e. The van der Waals surface area contributed by atoms with E-state index in [9.17, 15) is 4.79 Å². The molecule has 2 aromatic carbocycles. The molecular formula is C20H25ClN2O2. The van der Waals surface area contributed by atoms with Crippen LogP contribution in [-0.4, -0.2) is 37.0 Å². The minimum atomic E-state index is -0.0103. The molecule has 0 radical (unpaired) electrons. The van der Waals surface area contributed by atoms with Crippen LogP contribution in [0, 0.1) is 6.92 Å². The van der Waals surface area contributed by atoms with Crippen LogP contribution in [0.25, 0.3) is 0 Å². The number of nitrogens with zero attached hydrogens (tertiary/aromatic N) is 1. The number of ether oxygens (including phenoxy) is 1. The van der Waals surface area contributed by atoms with Crippen LogP contribution in [0.1, 0.15) is 22.6 Å². The lowest BCUT2D eigenvalue weighted by Crippen LogP contribution is -2.33. The molecule has 4 nitrogen and oxygen atoms in total. The predicted molar refractivity (Wildman–Crippen MR) is 102 cm³/mol. The minimum Gasteiger partial charge on any atom is -0.496 e. The zero-order valence-electron chi connectivity index (χ0n) is 14.6. The van der Waals surface area contributed by atoms with E-state index in [2.05, 4.69) is 12.1 Å². The number of halogens is 1. The molecule has 134 valence electrons. The second-order valence-electron chi connectivity index (χ2n) is 6.46. The van der Waals surface area contributed by atoms with Crippen LogP contribution in [0.3, 0.4) is 0 Å². The molecule has 0 aromatic heterocycles. The first-order valence-corrected chi connectivity index (χ1v) is 8.30. The quantitative estimate of drug-likeness (QED) is 0.912. The Bertz CT molecular complexity index is 721. The highest BCUT2D eigenvalue weighted by Gasteiger charge is 2.33. The molecule has 0 aliphatic carbocycles. The van der Waals surface area contributed by atoms with Crippen LogP contribution < -0.4 is 10.5 Å². The fourth-order valence-electron chi connectivity index (χ4n) is 3.35. The van der Waals surface area contributed by atoms with Gasteiger partial charge < -0.3 is 15.4 Å². The normalized spacial score (nSPS) is 19.4. The molecule has 1 aliphatic rings. The van der Waals surface area contributed by atoms with E-state index in [0.29, 0.717) is 19.5 Å². The summed E-state index contributed by atoms with van der Waals surface area (Å²) in [5.41, 5.74) is 9.53. The number of benzene rings is 2. The maximum Gasteiger partial charge on any atom is 0.227 e. The second kappa shape index (κ2) is 8.37. The van der Waals surface area contributed by atoms with Gasteiger partial charge in [0, 0.05) is 25.0 Å². The van der Waals surface area contributed by atoms with Crippen molar-refractivity contribution in [3.05, 3.63) is 65.2 Å². The molecular weight excluding hydrogens is 336 g/mol. The molecule has 5 heteroatoms. The molecule has 2 N–H and O–H groups in total. The topological polar surface area (TPSA) is 55.6 Å². The van der Waals surface area contributed by atoms with Gasteiger partial charge >= 0.3 is 0 Å².